The van der Waals surface area contributed by atoms with Crippen LogP contribution in [0.2, 0.25) is 0 Å². The molecule has 3 rings (SSSR count). The Kier molecular flexibility index (Phi) is 6.15. The first kappa shape index (κ1) is 18.0. The molecule has 0 atom stereocenters. The van der Waals surface area contributed by atoms with E-state index in [1.807, 2.05) is 9.80 Å². The van der Waals surface area contributed by atoms with Crippen molar-refractivity contribution in [1.29, 1.82) is 0 Å². The fourth-order valence-electron chi connectivity index (χ4n) is 4.15. The summed E-state index contributed by atoms with van der Waals surface area (Å²) >= 11 is 0. The highest BCUT2D eigenvalue weighted by Crippen LogP contribution is 2.22. The lowest BCUT2D eigenvalue weighted by atomic mass is 9.94. The number of likely N-dealkylation sites (tertiary alicyclic amines) is 1. The van der Waals surface area contributed by atoms with Gasteiger partial charge in [-0.25, -0.2) is 4.79 Å². The quantitative estimate of drug-likeness (QED) is 0.773. The van der Waals surface area contributed by atoms with E-state index >= 15 is 0 Å². The number of carbonyl (C=O) groups is 3. The van der Waals surface area contributed by atoms with Gasteiger partial charge in [0.25, 0.3) is 0 Å². The van der Waals surface area contributed by atoms with Crippen LogP contribution in [0.15, 0.2) is 0 Å². The minimum atomic E-state index is 0.0153. The number of piperidine rings is 1. The largest absolute Gasteiger partial charge is 0.342 e. The third-order valence-corrected chi connectivity index (χ3v) is 5.84. The first-order chi connectivity index (χ1) is 12.2. The minimum absolute atomic E-state index is 0.0153. The molecule has 0 unspecified atom stereocenters. The number of nitrogens with one attached hydrogen (secondary N) is 1. The lowest BCUT2D eigenvalue weighted by Gasteiger charge is -2.38. The average molecular weight is 350 g/mol. The molecule has 1 saturated carbocycles. The van der Waals surface area contributed by atoms with Gasteiger partial charge in [-0.1, -0.05) is 19.3 Å². The van der Waals surface area contributed by atoms with E-state index in [1.54, 1.807) is 4.90 Å². The van der Waals surface area contributed by atoms with Crippen molar-refractivity contribution < 1.29 is 14.4 Å². The lowest BCUT2D eigenvalue weighted by molar-refractivity contribution is -0.140. The summed E-state index contributed by atoms with van der Waals surface area (Å²) in [5.41, 5.74) is 0. The van der Waals surface area contributed by atoms with Gasteiger partial charge in [0.05, 0.1) is 0 Å². The van der Waals surface area contributed by atoms with Crippen molar-refractivity contribution in [3.8, 4) is 0 Å². The van der Waals surface area contributed by atoms with E-state index in [4.69, 9.17) is 0 Å². The molecular formula is C18H30N4O3. The first-order valence-corrected chi connectivity index (χ1v) is 9.71. The van der Waals surface area contributed by atoms with Crippen LogP contribution in [0, 0.1) is 5.92 Å². The van der Waals surface area contributed by atoms with Gasteiger partial charge in [-0.3, -0.25) is 9.59 Å². The number of amides is 4. The molecule has 7 nitrogen and oxygen atoms in total. The summed E-state index contributed by atoms with van der Waals surface area (Å²) in [5, 5.41) is 3.16. The Morgan fingerprint density at radius 3 is 2.04 bits per heavy atom. The molecule has 0 aromatic rings. The molecule has 0 aromatic heterocycles. The number of piperazine rings is 1. The molecule has 0 spiro atoms. The molecule has 3 aliphatic rings. The summed E-state index contributed by atoms with van der Waals surface area (Å²) in [4.78, 5) is 41.2. The molecule has 0 radical (unpaired) electrons. The van der Waals surface area contributed by atoms with Crippen molar-refractivity contribution in [3.05, 3.63) is 0 Å². The molecule has 2 heterocycles. The van der Waals surface area contributed by atoms with Gasteiger partial charge in [0.1, 0.15) is 0 Å². The average Bonchev–Trinajstić information content (AvgIpc) is 2.68. The summed E-state index contributed by atoms with van der Waals surface area (Å²) in [7, 11) is 0. The van der Waals surface area contributed by atoms with E-state index in [9.17, 15) is 14.4 Å². The molecule has 140 valence electrons. The first-order valence-electron chi connectivity index (χ1n) is 9.71. The van der Waals surface area contributed by atoms with Gasteiger partial charge in [-0.15, -0.1) is 0 Å². The molecule has 7 heteroatoms. The van der Waals surface area contributed by atoms with E-state index in [1.165, 1.54) is 19.3 Å². The van der Waals surface area contributed by atoms with Crippen molar-refractivity contribution in [1.82, 2.24) is 20.0 Å². The van der Waals surface area contributed by atoms with Crippen LogP contribution in [0.3, 0.4) is 0 Å². The van der Waals surface area contributed by atoms with E-state index in [2.05, 4.69) is 5.32 Å². The molecule has 2 aliphatic heterocycles. The standard InChI is InChI=1S/C18H30N4O3/c23-14-20-10-12-21(13-11-20)17(24)15-6-8-22(9-7-15)18(25)19-16-4-2-1-3-5-16/h14-16H,1-13H2,(H,19,25). The van der Waals surface area contributed by atoms with Crippen LogP contribution in [0.25, 0.3) is 0 Å². The van der Waals surface area contributed by atoms with E-state index in [0.717, 1.165) is 32.1 Å². The molecule has 4 amide bonds. The van der Waals surface area contributed by atoms with Gasteiger partial charge < -0.3 is 20.0 Å². The van der Waals surface area contributed by atoms with Crippen LogP contribution in [0.1, 0.15) is 44.9 Å². The maximum absolute atomic E-state index is 12.6. The number of rotatable bonds is 3. The van der Waals surface area contributed by atoms with Crippen LogP contribution in [-0.2, 0) is 9.59 Å². The second-order valence-corrected chi connectivity index (χ2v) is 7.51. The van der Waals surface area contributed by atoms with Gasteiger partial charge in [0.15, 0.2) is 0 Å². The predicted octanol–water partition coefficient (Wildman–Crippen LogP) is 1.04. The maximum atomic E-state index is 12.6. The number of hydrogen-bond acceptors (Lipinski definition) is 3. The van der Waals surface area contributed by atoms with Crippen LogP contribution < -0.4 is 5.32 Å². The molecular weight excluding hydrogens is 320 g/mol. The van der Waals surface area contributed by atoms with Gasteiger partial charge in [0.2, 0.25) is 12.3 Å². The van der Waals surface area contributed by atoms with Crippen molar-refractivity contribution in [2.24, 2.45) is 5.92 Å². The summed E-state index contributed by atoms with van der Waals surface area (Å²) in [5.74, 6) is 0.208. The smallest absolute Gasteiger partial charge is 0.317 e. The number of carbonyl (C=O) groups excluding carboxylic acids is 3. The summed E-state index contributed by atoms with van der Waals surface area (Å²) in [6.07, 6.45) is 8.21. The number of urea groups is 1. The Balaban J connectivity index is 1.41. The SMILES string of the molecule is O=CN1CCN(C(=O)C2CCN(C(=O)NC3CCCCC3)CC2)CC1. The van der Waals surface area contributed by atoms with Crippen LogP contribution in [-0.4, -0.2) is 78.4 Å². The monoisotopic (exact) mass is 350 g/mol. The van der Waals surface area contributed by atoms with E-state index in [-0.39, 0.29) is 17.9 Å². The highest BCUT2D eigenvalue weighted by molar-refractivity contribution is 5.80. The van der Waals surface area contributed by atoms with Gasteiger partial charge >= 0.3 is 6.03 Å². The summed E-state index contributed by atoms with van der Waals surface area (Å²) < 4.78 is 0. The zero-order valence-electron chi connectivity index (χ0n) is 15.0. The van der Waals surface area contributed by atoms with Crippen LogP contribution >= 0.6 is 0 Å². The Morgan fingerprint density at radius 1 is 0.800 bits per heavy atom. The lowest BCUT2D eigenvalue weighted by Crippen LogP contribution is -2.53. The fourth-order valence-corrected chi connectivity index (χ4v) is 4.15. The van der Waals surface area contributed by atoms with E-state index in [0.29, 0.717) is 45.3 Å². The molecule has 0 bridgehead atoms. The minimum Gasteiger partial charge on any atom is -0.342 e. The van der Waals surface area contributed by atoms with Gasteiger partial charge in [-0.2, -0.15) is 0 Å². The van der Waals surface area contributed by atoms with Crippen molar-refractivity contribution in [3.63, 3.8) is 0 Å². The van der Waals surface area contributed by atoms with Crippen molar-refractivity contribution in [2.75, 3.05) is 39.3 Å². The van der Waals surface area contributed by atoms with Crippen LogP contribution in [0.5, 0.6) is 0 Å². The number of hydrogen-bond donors (Lipinski definition) is 1. The second-order valence-electron chi connectivity index (χ2n) is 7.51. The third kappa shape index (κ3) is 4.64. The molecule has 25 heavy (non-hydrogen) atoms. The molecule has 2 saturated heterocycles. The third-order valence-electron chi connectivity index (χ3n) is 5.84. The van der Waals surface area contributed by atoms with Crippen molar-refractivity contribution >= 4 is 18.3 Å². The van der Waals surface area contributed by atoms with Crippen LogP contribution in [0.4, 0.5) is 4.79 Å². The van der Waals surface area contributed by atoms with Crippen molar-refractivity contribution in [2.45, 2.75) is 51.0 Å². The van der Waals surface area contributed by atoms with E-state index < -0.39 is 0 Å². The zero-order chi connectivity index (χ0) is 17.6. The second kappa shape index (κ2) is 8.54. The highest BCUT2D eigenvalue weighted by Gasteiger charge is 2.32. The molecule has 3 fully saturated rings. The Hall–Kier alpha value is -1.79. The highest BCUT2D eigenvalue weighted by atomic mass is 16.2. The van der Waals surface area contributed by atoms with Gasteiger partial charge in [-0.05, 0) is 25.7 Å². The Bertz CT molecular complexity index is 477. The zero-order valence-corrected chi connectivity index (χ0v) is 15.0. The normalized spacial score (nSPS) is 23.4. The maximum Gasteiger partial charge on any atom is 0.317 e. The number of nitrogens with zero attached hydrogens (tertiary/aromatic N) is 3. The van der Waals surface area contributed by atoms with Gasteiger partial charge in [0, 0.05) is 51.2 Å². The summed E-state index contributed by atoms with van der Waals surface area (Å²) in [6, 6.07) is 0.368. The summed E-state index contributed by atoms with van der Waals surface area (Å²) in [6.45, 7) is 3.81. The Morgan fingerprint density at radius 2 is 1.44 bits per heavy atom. The predicted molar refractivity (Wildman–Crippen MR) is 93.9 cm³/mol. The molecule has 1 aliphatic carbocycles. The Labute approximate surface area is 149 Å². The molecule has 1 N–H and O–H groups in total. The topological polar surface area (TPSA) is 73.0 Å². The fraction of sp³-hybridized carbons (Fsp3) is 0.833. The molecule has 0 aromatic carbocycles.